The Hall–Kier alpha value is -2.73. The van der Waals surface area contributed by atoms with E-state index >= 15 is 0 Å². The van der Waals surface area contributed by atoms with Crippen molar-refractivity contribution in [1.29, 1.82) is 0 Å². The summed E-state index contributed by atoms with van der Waals surface area (Å²) in [5.74, 6) is 1.03. The SMILES string of the molecule is CCOc1cc(/C=C2/SC(=O)N(CCc3ccccc3)C2=O)ccc1OC(C)C. The molecule has 1 aliphatic rings. The van der Waals surface area contributed by atoms with E-state index in [-0.39, 0.29) is 17.3 Å². The van der Waals surface area contributed by atoms with Crippen LogP contribution in [0.25, 0.3) is 6.08 Å². The average Bonchev–Trinajstić information content (AvgIpc) is 2.96. The first-order chi connectivity index (χ1) is 14.0. The van der Waals surface area contributed by atoms with Crippen molar-refractivity contribution >= 4 is 29.0 Å². The lowest BCUT2D eigenvalue weighted by atomic mass is 10.1. The molecule has 1 saturated heterocycles. The van der Waals surface area contributed by atoms with Crippen LogP contribution in [0, 0.1) is 0 Å². The number of imide groups is 1. The Morgan fingerprint density at radius 3 is 2.52 bits per heavy atom. The summed E-state index contributed by atoms with van der Waals surface area (Å²) in [5, 5.41) is -0.234. The maximum Gasteiger partial charge on any atom is 0.293 e. The van der Waals surface area contributed by atoms with Crippen molar-refractivity contribution in [2.24, 2.45) is 0 Å². The van der Waals surface area contributed by atoms with E-state index in [0.717, 1.165) is 22.9 Å². The molecule has 1 heterocycles. The van der Waals surface area contributed by atoms with Crippen molar-refractivity contribution in [3.8, 4) is 11.5 Å². The normalized spacial score (nSPS) is 15.4. The first-order valence-electron chi connectivity index (χ1n) is 9.70. The largest absolute Gasteiger partial charge is 0.490 e. The number of amides is 2. The predicted octanol–water partition coefficient (Wildman–Crippen LogP) is 5.15. The van der Waals surface area contributed by atoms with E-state index < -0.39 is 0 Å². The zero-order valence-electron chi connectivity index (χ0n) is 16.9. The zero-order valence-corrected chi connectivity index (χ0v) is 17.7. The number of nitrogens with zero attached hydrogens (tertiary/aromatic N) is 1. The molecule has 2 amide bonds. The van der Waals surface area contributed by atoms with Crippen molar-refractivity contribution in [2.75, 3.05) is 13.2 Å². The number of rotatable bonds is 8. The summed E-state index contributed by atoms with van der Waals surface area (Å²) in [7, 11) is 0. The number of hydrogen-bond donors (Lipinski definition) is 0. The molecule has 0 aromatic heterocycles. The van der Waals surface area contributed by atoms with Crippen LogP contribution in [0.1, 0.15) is 31.9 Å². The van der Waals surface area contributed by atoms with Crippen LogP contribution in [0.15, 0.2) is 53.4 Å². The van der Waals surface area contributed by atoms with Gasteiger partial charge in [-0.25, -0.2) is 0 Å². The Balaban J connectivity index is 1.75. The highest BCUT2D eigenvalue weighted by Crippen LogP contribution is 2.35. The molecule has 6 heteroatoms. The molecule has 0 unspecified atom stereocenters. The molecule has 1 fully saturated rings. The summed E-state index contributed by atoms with van der Waals surface area (Å²) in [6.45, 7) is 6.69. The Morgan fingerprint density at radius 1 is 1.07 bits per heavy atom. The van der Waals surface area contributed by atoms with Crippen LogP contribution in [0.4, 0.5) is 4.79 Å². The minimum atomic E-state index is -0.253. The molecule has 3 rings (SSSR count). The fraction of sp³-hybridized carbons (Fsp3) is 0.304. The molecule has 5 nitrogen and oxygen atoms in total. The van der Waals surface area contributed by atoms with Gasteiger partial charge < -0.3 is 9.47 Å². The summed E-state index contributed by atoms with van der Waals surface area (Å²) >= 11 is 0.972. The highest BCUT2D eigenvalue weighted by atomic mass is 32.2. The highest BCUT2D eigenvalue weighted by Gasteiger charge is 2.34. The lowest BCUT2D eigenvalue weighted by Crippen LogP contribution is -2.30. The second-order valence-electron chi connectivity index (χ2n) is 6.87. The number of hydrogen-bond acceptors (Lipinski definition) is 5. The molecule has 0 spiro atoms. The summed E-state index contributed by atoms with van der Waals surface area (Å²) in [4.78, 5) is 26.8. The van der Waals surface area contributed by atoms with Crippen LogP contribution >= 0.6 is 11.8 Å². The minimum absolute atomic E-state index is 0.0289. The smallest absolute Gasteiger partial charge is 0.293 e. The monoisotopic (exact) mass is 411 g/mol. The van der Waals surface area contributed by atoms with Gasteiger partial charge in [0.15, 0.2) is 11.5 Å². The van der Waals surface area contributed by atoms with Gasteiger partial charge in [-0.3, -0.25) is 14.5 Å². The van der Waals surface area contributed by atoms with Gasteiger partial charge in [-0.15, -0.1) is 0 Å². The van der Waals surface area contributed by atoms with E-state index in [0.29, 0.717) is 36.0 Å². The van der Waals surface area contributed by atoms with Crippen molar-refractivity contribution in [2.45, 2.75) is 33.3 Å². The quantitative estimate of drug-likeness (QED) is 0.562. The standard InChI is InChI=1S/C23H25NO4S/c1-4-27-20-14-18(10-11-19(20)28-16(2)3)15-21-22(25)24(23(26)29-21)13-12-17-8-6-5-7-9-17/h5-11,14-16H,4,12-13H2,1-3H3/b21-15+. The van der Waals surface area contributed by atoms with Gasteiger partial charge in [0, 0.05) is 6.54 Å². The van der Waals surface area contributed by atoms with E-state index in [1.54, 1.807) is 6.08 Å². The van der Waals surface area contributed by atoms with Gasteiger partial charge >= 0.3 is 0 Å². The molecule has 2 aromatic carbocycles. The topological polar surface area (TPSA) is 55.8 Å². The van der Waals surface area contributed by atoms with E-state index in [4.69, 9.17) is 9.47 Å². The molecule has 0 radical (unpaired) electrons. The second-order valence-corrected chi connectivity index (χ2v) is 7.87. The van der Waals surface area contributed by atoms with Crippen molar-refractivity contribution < 1.29 is 19.1 Å². The van der Waals surface area contributed by atoms with E-state index in [9.17, 15) is 9.59 Å². The predicted molar refractivity (Wildman–Crippen MR) is 116 cm³/mol. The Morgan fingerprint density at radius 2 is 1.83 bits per heavy atom. The molecule has 0 saturated carbocycles. The van der Waals surface area contributed by atoms with Gasteiger partial charge in [-0.2, -0.15) is 0 Å². The number of benzene rings is 2. The zero-order chi connectivity index (χ0) is 20.8. The summed E-state index contributed by atoms with van der Waals surface area (Å²) in [6, 6.07) is 15.3. The molecule has 0 aliphatic carbocycles. The molecule has 2 aromatic rings. The summed E-state index contributed by atoms with van der Waals surface area (Å²) in [6.07, 6.45) is 2.40. The van der Waals surface area contributed by atoms with Gasteiger partial charge in [-0.05, 0) is 68.3 Å². The first kappa shape index (κ1) is 21.0. The maximum atomic E-state index is 12.7. The van der Waals surface area contributed by atoms with Gasteiger partial charge in [0.1, 0.15) is 0 Å². The number of carbonyl (C=O) groups is 2. The van der Waals surface area contributed by atoms with Crippen molar-refractivity contribution in [3.05, 3.63) is 64.6 Å². The van der Waals surface area contributed by atoms with Crippen LogP contribution in [0.5, 0.6) is 11.5 Å². The lowest BCUT2D eigenvalue weighted by Gasteiger charge is -2.15. The van der Waals surface area contributed by atoms with Crippen LogP contribution in [-0.4, -0.2) is 35.3 Å². The van der Waals surface area contributed by atoms with Crippen LogP contribution in [-0.2, 0) is 11.2 Å². The van der Waals surface area contributed by atoms with Crippen molar-refractivity contribution in [3.63, 3.8) is 0 Å². The molecule has 1 aliphatic heterocycles. The van der Waals surface area contributed by atoms with Gasteiger partial charge in [0.2, 0.25) is 0 Å². The summed E-state index contributed by atoms with van der Waals surface area (Å²) in [5.41, 5.74) is 1.88. The first-order valence-corrected chi connectivity index (χ1v) is 10.5. The maximum absolute atomic E-state index is 12.7. The molecular formula is C23H25NO4S. The fourth-order valence-corrected chi connectivity index (χ4v) is 3.83. The Kier molecular flexibility index (Phi) is 6.99. The second kappa shape index (κ2) is 9.65. The highest BCUT2D eigenvalue weighted by molar-refractivity contribution is 8.18. The molecule has 0 bridgehead atoms. The lowest BCUT2D eigenvalue weighted by molar-refractivity contribution is -0.122. The van der Waals surface area contributed by atoms with E-state index in [1.165, 1.54) is 4.90 Å². The van der Waals surface area contributed by atoms with E-state index in [1.807, 2.05) is 69.3 Å². The van der Waals surface area contributed by atoms with Gasteiger partial charge in [-0.1, -0.05) is 36.4 Å². The molecule has 152 valence electrons. The third kappa shape index (κ3) is 5.41. The average molecular weight is 412 g/mol. The summed E-state index contributed by atoms with van der Waals surface area (Å²) < 4.78 is 11.4. The third-order valence-corrected chi connectivity index (χ3v) is 5.18. The number of thioether (sulfide) groups is 1. The van der Waals surface area contributed by atoms with Crippen LogP contribution in [0.3, 0.4) is 0 Å². The van der Waals surface area contributed by atoms with Crippen LogP contribution in [0.2, 0.25) is 0 Å². The Bertz CT molecular complexity index is 908. The number of ether oxygens (including phenoxy) is 2. The molecular weight excluding hydrogens is 386 g/mol. The molecule has 29 heavy (non-hydrogen) atoms. The number of carbonyl (C=O) groups excluding carboxylic acids is 2. The molecule has 0 N–H and O–H groups in total. The third-order valence-electron chi connectivity index (χ3n) is 4.27. The Labute approximate surface area is 175 Å². The van der Waals surface area contributed by atoms with Gasteiger partial charge in [0.05, 0.1) is 17.6 Å². The fourth-order valence-electron chi connectivity index (χ4n) is 2.96. The van der Waals surface area contributed by atoms with E-state index in [2.05, 4.69) is 0 Å². The van der Waals surface area contributed by atoms with Crippen LogP contribution < -0.4 is 9.47 Å². The minimum Gasteiger partial charge on any atom is -0.490 e. The van der Waals surface area contributed by atoms with Crippen molar-refractivity contribution in [1.82, 2.24) is 4.90 Å². The molecule has 0 atom stereocenters. The van der Waals surface area contributed by atoms with Gasteiger partial charge in [0.25, 0.3) is 11.1 Å².